The summed E-state index contributed by atoms with van der Waals surface area (Å²) in [4.78, 5) is 11.3. The van der Waals surface area contributed by atoms with E-state index in [1.807, 2.05) is 43.3 Å². The normalized spacial score (nSPS) is 10.8. The van der Waals surface area contributed by atoms with Gasteiger partial charge in [-0.05, 0) is 61.0 Å². The van der Waals surface area contributed by atoms with Crippen LogP contribution in [0.5, 0.6) is 5.75 Å². The zero-order valence-electron chi connectivity index (χ0n) is 17.4. The number of aromatic nitrogens is 3. The van der Waals surface area contributed by atoms with Crippen LogP contribution in [0.4, 0.5) is 4.39 Å². The molecule has 0 spiro atoms. The number of rotatable bonds is 8. The van der Waals surface area contributed by atoms with Gasteiger partial charge in [-0.25, -0.2) is 4.39 Å². The van der Waals surface area contributed by atoms with Crippen molar-refractivity contribution in [2.75, 3.05) is 6.61 Å². The maximum atomic E-state index is 14.7. The van der Waals surface area contributed by atoms with E-state index in [4.69, 9.17) is 10.5 Å². The lowest BCUT2D eigenvalue weighted by Crippen LogP contribution is -2.10. The van der Waals surface area contributed by atoms with Gasteiger partial charge in [-0.15, -0.1) is 10.2 Å². The molecule has 32 heavy (non-hydrogen) atoms. The molecule has 0 saturated carbocycles. The summed E-state index contributed by atoms with van der Waals surface area (Å²) in [6.45, 7) is 2.50. The van der Waals surface area contributed by atoms with Crippen LogP contribution >= 0.6 is 11.8 Å². The third kappa shape index (κ3) is 4.65. The molecule has 0 radical (unpaired) electrons. The van der Waals surface area contributed by atoms with E-state index in [9.17, 15) is 9.18 Å². The van der Waals surface area contributed by atoms with Gasteiger partial charge in [0.1, 0.15) is 11.6 Å². The molecule has 0 aliphatic rings. The SMILES string of the molecule is CCOc1ccc(-c2nnc(SCc3ccc(C(N)=O)cc3)n2-c2ccccc2F)cc1. The monoisotopic (exact) mass is 448 g/mol. The van der Waals surface area contributed by atoms with E-state index < -0.39 is 5.91 Å². The molecule has 0 atom stereocenters. The molecule has 162 valence electrons. The maximum Gasteiger partial charge on any atom is 0.248 e. The minimum absolute atomic E-state index is 0.368. The first-order valence-electron chi connectivity index (χ1n) is 10.0. The van der Waals surface area contributed by atoms with Crippen molar-refractivity contribution in [2.24, 2.45) is 5.73 Å². The first-order valence-corrected chi connectivity index (χ1v) is 11.0. The first kappa shape index (κ1) is 21.6. The van der Waals surface area contributed by atoms with Crippen molar-refractivity contribution < 1.29 is 13.9 Å². The zero-order chi connectivity index (χ0) is 22.5. The lowest BCUT2D eigenvalue weighted by Gasteiger charge is -2.12. The average molecular weight is 449 g/mol. The van der Waals surface area contributed by atoms with Crippen molar-refractivity contribution in [3.05, 3.63) is 89.7 Å². The molecule has 0 saturated heterocycles. The number of ether oxygens (including phenoxy) is 1. The molecule has 1 aromatic heterocycles. The summed E-state index contributed by atoms with van der Waals surface area (Å²) < 4.78 is 22.0. The van der Waals surface area contributed by atoms with Gasteiger partial charge in [-0.3, -0.25) is 9.36 Å². The number of thioether (sulfide) groups is 1. The second-order valence-electron chi connectivity index (χ2n) is 6.90. The lowest BCUT2D eigenvalue weighted by molar-refractivity contribution is 0.100. The molecule has 4 rings (SSSR count). The largest absolute Gasteiger partial charge is 0.494 e. The minimum Gasteiger partial charge on any atom is -0.494 e. The van der Waals surface area contributed by atoms with Crippen molar-refractivity contribution in [3.8, 4) is 22.8 Å². The highest BCUT2D eigenvalue weighted by atomic mass is 32.2. The van der Waals surface area contributed by atoms with Gasteiger partial charge in [-0.1, -0.05) is 36.0 Å². The molecule has 1 heterocycles. The van der Waals surface area contributed by atoms with Crippen LogP contribution in [0.15, 0.2) is 78.0 Å². The van der Waals surface area contributed by atoms with Crippen molar-refractivity contribution in [2.45, 2.75) is 17.8 Å². The Kier molecular flexibility index (Phi) is 6.51. The highest BCUT2D eigenvalue weighted by molar-refractivity contribution is 7.98. The number of halogens is 1. The van der Waals surface area contributed by atoms with Gasteiger partial charge in [0.05, 0.1) is 12.3 Å². The van der Waals surface area contributed by atoms with Gasteiger partial charge < -0.3 is 10.5 Å². The van der Waals surface area contributed by atoms with E-state index in [-0.39, 0.29) is 5.82 Å². The topological polar surface area (TPSA) is 83.0 Å². The fraction of sp³-hybridized carbons (Fsp3) is 0.125. The summed E-state index contributed by atoms with van der Waals surface area (Å²) in [6, 6.07) is 21.0. The van der Waals surface area contributed by atoms with Gasteiger partial charge in [0.2, 0.25) is 5.91 Å². The van der Waals surface area contributed by atoms with Crippen molar-refractivity contribution in [3.63, 3.8) is 0 Å². The Balaban J connectivity index is 1.68. The summed E-state index contributed by atoms with van der Waals surface area (Å²) in [5, 5.41) is 9.24. The highest BCUT2D eigenvalue weighted by Gasteiger charge is 2.19. The zero-order valence-corrected chi connectivity index (χ0v) is 18.2. The summed E-state index contributed by atoms with van der Waals surface area (Å²) in [7, 11) is 0. The highest BCUT2D eigenvalue weighted by Crippen LogP contribution is 2.31. The Morgan fingerprint density at radius 2 is 1.75 bits per heavy atom. The predicted octanol–water partition coefficient (Wildman–Crippen LogP) is 4.86. The van der Waals surface area contributed by atoms with Crippen molar-refractivity contribution >= 4 is 17.7 Å². The summed E-state index contributed by atoms with van der Waals surface area (Å²) >= 11 is 1.43. The maximum absolute atomic E-state index is 14.7. The van der Waals surface area contributed by atoms with Gasteiger partial charge >= 0.3 is 0 Å². The third-order valence-electron chi connectivity index (χ3n) is 4.76. The minimum atomic E-state index is -0.469. The number of carbonyl (C=O) groups excluding carboxylic acids is 1. The number of nitrogens with zero attached hydrogens (tertiary/aromatic N) is 3. The van der Waals surface area contributed by atoms with Crippen LogP contribution in [0.1, 0.15) is 22.8 Å². The molecule has 1 amide bonds. The summed E-state index contributed by atoms with van der Waals surface area (Å²) in [6.07, 6.45) is 0. The number of nitrogens with two attached hydrogens (primary N) is 1. The van der Waals surface area contributed by atoms with Gasteiger partial charge in [-0.2, -0.15) is 0 Å². The molecule has 0 aliphatic heterocycles. The van der Waals surface area contributed by atoms with Crippen LogP contribution < -0.4 is 10.5 Å². The molecular weight excluding hydrogens is 427 g/mol. The molecule has 0 aliphatic carbocycles. The van der Waals surface area contributed by atoms with Crippen LogP contribution in [0.2, 0.25) is 0 Å². The fourth-order valence-corrected chi connectivity index (χ4v) is 4.08. The number of carbonyl (C=O) groups is 1. The van der Waals surface area contributed by atoms with Crippen molar-refractivity contribution in [1.82, 2.24) is 14.8 Å². The Morgan fingerprint density at radius 3 is 2.41 bits per heavy atom. The Morgan fingerprint density at radius 1 is 1.03 bits per heavy atom. The van der Waals surface area contributed by atoms with Crippen LogP contribution in [0, 0.1) is 5.82 Å². The standard InChI is InChI=1S/C24H21FN4O2S/c1-2-31-19-13-11-18(12-14-19)23-27-28-24(29(23)21-6-4-3-5-20(21)25)32-15-16-7-9-17(10-8-16)22(26)30/h3-14H,2,15H2,1H3,(H2,26,30). The van der Waals surface area contributed by atoms with Crippen LogP contribution in [-0.4, -0.2) is 27.3 Å². The fourth-order valence-electron chi connectivity index (χ4n) is 3.18. The van der Waals surface area contributed by atoms with Gasteiger partial charge in [0, 0.05) is 16.9 Å². The number of amides is 1. The van der Waals surface area contributed by atoms with Crippen molar-refractivity contribution in [1.29, 1.82) is 0 Å². The molecule has 0 unspecified atom stereocenters. The smallest absolute Gasteiger partial charge is 0.248 e. The number of benzene rings is 3. The average Bonchev–Trinajstić information content (AvgIpc) is 3.22. The van der Waals surface area contributed by atoms with Crippen LogP contribution in [0.3, 0.4) is 0 Å². The second kappa shape index (κ2) is 9.65. The molecule has 3 aromatic carbocycles. The molecule has 2 N–H and O–H groups in total. The van der Waals surface area contributed by atoms with E-state index in [1.54, 1.807) is 34.9 Å². The predicted molar refractivity (Wildman–Crippen MR) is 122 cm³/mol. The molecule has 0 fully saturated rings. The summed E-state index contributed by atoms with van der Waals surface area (Å²) in [5.74, 6) is 1.01. The van der Waals surface area contributed by atoms with E-state index in [1.165, 1.54) is 17.8 Å². The van der Waals surface area contributed by atoms with Crippen LogP contribution in [0.25, 0.3) is 17.1 Å². The van der Waals surface area contributed by atoms with Crippen LogP contribution in [-0.2, 0) is 5.75 Å². The Labute approximate surface area is 189 Å². The number of hydrogen-bond donors (Lipinski definition) is 1. The molecule has 8 heteroatoms. The lowest BCUT2D eigenvalue weighted by atomic mass is 10.1. The number of primary amides is 1. The Hall–Kier alpha value is -3.65. The van der Waals surface area contributed by atoms with E-state index in [2.05, 4.69) is 10.2 Å². The van der Waals surface area contributed by atoms with E-state index in [0.29, 0.717) is 34.6 Å². The second-order valence-corrected chi connectivity index (χ2v) is 7.84. The molecule has 4 aromatic rings. The number of para-hydroxylation sites is 1. The Bertz CT molecular complexity index is 1220. The first-order chi connectivity index (χ1) is 15.6. The molecular formula is C24H21FN4O2S. The van der Waals surface area contributed by atoms with E-state index >= 15 is 0 Å². The van der Waals surface area contributed by atoms with E-state index in [0.717, 1.165) is 16.9 Å². The summed E-state index contributed by atoms with van der Waals surface area (Å²) in [5.41, 5.74) is 7.89. The molecule has 6 nitrogen and oxygen atoms in total. The molecule has 0 bridgehead atoms. The van der Waals surface area contributed by atoms with Gasteiger partial charge in [0.25, 0.3) is 0 Å². The quantitative estimate of drug-likeness (QED) is 0.389. The van der Waals surface area contributed by atoms with Gasteiger partial charge in [0.15, 0.2) is 11.0 Å². The number of hydrogen-bond acceptors (Lipinski definition) is 5. The third-order valence-corrected chi connectivity index (χ3v) is 5.76.